The van der Waals surface area contributed by atoms with Crippen LogP contribution >= 0.6 is 0 Å². The summed E-state index contributed by atoms with van der Waals surface area (Å²) in [4.78, 5) is 0. The molecule has 0 saturated heterocycles. The van der Waals surface area contributed by atoms with Crippen LogP contribution in [0.25, 0.3) is 17.2 Å². The zero-order valence-electron chi connectivity index (χ0n) is 15.7. The number of hydrogen-bond acceptors (Lipinski definition) is 1. The molecule has 1 aliphatic carbocycles. The molecule has 2 aromatic carbocycles. The highest BCUT2D eigenvalue weighted by Gasteiger charge is 2.31. The van der Waals surface area contributed by atoms with E-state index in [2.05, 4.69) is 77.1 Å². The van der Waals surface area contributed by atoms with Crippen molar-refractivity contribution in [3.63, 3.8) is 0 Å². The van der Waals surface area contributed by atoms with Crippen LogP contribution in [0.15, 0.2) is 42.0 Å². The molecule has 1 aliphatic rings. The molecular formula is C23H28O. The minimum absolute atomic E-state index is 0.0404. The molecule has 0 radical (unpaired) electrons. The average Bonchev–Trinajstić information content (AvgIpc) is 2.87. The average molecular weight is 320 g/mol. The minimum atomic E-state index is 0.0404. The van der Waals surface area contributed by atoms with E-state index in [1.165, 1.54) is 33.4 Å². The molecule has 1 heteroatoms. The van der Waals surface area contributed by atoms with Crippen molar-refractivity contribution in [2.75, 3.05) is 7.11 Å². The van der Waals surface area contributed by atoms with Gasteiger partial charge < -0.3 is 4.74 Å². The highest BCUT2D eigenvalue weighted by Crippen LogP contribution is 2.50. The second-order valence-corrected chi connectivity index (χ2v) is 7.80. The number of rotatable bonds is 3. The fraction of sp³-hybridized carbons (Fsp3) is 0.391. The molecule has 126 valence electrons. The first-order chi connectivity index (χ1) is 11.4. The van der Waals surface area contributed by atoms with Crippen LogP contribution in [0, 0.1) is 0 Å². The van der Waals surface area contributed by atoms with Crippen LogP contribution in [0.1, 0.15) is 63.6 Å². The van der Waals surface area contributed by atoms with E-state index in [-0.39, 0.29) is 5.41 Å². The van der Waals surface area contributed by atoms with E-state index in [0.717, 1.165) is 12.2 Å². The van der Waals surface area contributed by atoms with Gasteiger partial charge in [0.1, 0.15) is 5.75 Å². The second kappa shape index (κ2) is 6.12. The molecule has 0 saturated carbocycles. The summed E-state index contributed by atoms with van der Waals surface area (Å²) in [6.07, 6.45) is 3.50. The highest BCUT2D eigenvalue weighted by molar-refractivity contribution is 5.87. The summed E-state index contributed by atoms with van der Waals surface area (Å²) in [6, 6.07) is 13.0. The van der Waals surface area contributed by atoms with Crippen molar-refractivity contribution in [2.24, 2.45) is 0 Å². The third-order valence-corrected chi connectivity index (χ3v) is 5.13. The Bertz CT molecular complexity index is 776. The summed E-state index contributed by atoms with van der Waals surface area (Å²) < 4.78 is 5.96. The Kier molecular flexibility index (Phi) is 4.29. The van der Waals surface area contributed by atoms with Crippen molar-refractivity contribution in [3.05, 3.63) is 58.7 Å². The molecule has 1 unspecified atom stereocenters. The van der Waals surface area contributed by atoms with Gasteiger partial charge in [0, 0.05) is 17.0 Å². The lowest BCUT2D eigenvalue weighted by atomic mass is 9.79. The van der Waals surface area contributed by atoms with Crippen molar-refractivity contribution in [3.8, 4) is 16.9 Å². The summed E-state index contributed by atoms with van der Waals surface area (Å²) >= 11 is 0. The Balaban J connectivity index is 2.40. The van der Waals surface area contributed by atoms with E-state index >= 15 is 0 Å². The van der Waals surface area contributed by atoms with Crippen LogP contribution < -0.4 is 4.74 Å². The summed E-state index contributed by atoms with van der Waals surface area (Å²) in [5, 5.41) is 0. The summed E-state index contributed by atoms with van der Waals surface area (Å²) in [5.41, 5.74) is 8.07. The number of fused-ring (bicyclic) bond motifs is 1. The molecule has 0 spiro atoms. The number of methoxy groups -OCH3 is 1. The molecule has 2 aromatic rings. The van der Waals surface area contributed by atoms with Gasteiger partial charge in [0.2, 0.25) is 0 Å². The van der Waals surface area contributed by atoms with E-state index < -0.39 is 0 Å². The molecule has 0 N–H and O–H groups in total. The van der Waals surface area contributed by atoms with Crippen LogP contribution in [0.3, 0.4) is 0 Å². The van der Waals surface area contributed by atoms with Gasteiger partial charge in [-0.25, -0.2) is 0 Å². The van der Waals surface area contributed by atoms with Gasteiger partial charge in [-0.05, 0) is 35.4 Å². The minimum Gasteiger partial charge on any atom is -0.496 e. The molecule has 1 nitrogen and oxygen atoms in total. The first kappa shape index (κ1) is 16.8. The molecule has 24 heavy (non-hydrogen) atoms. The lowest BCUT2D eigenvalue weighted by molar-refractivity contribution is 0.399. The van der Waals surface area contributed by atoms with Gasteiger partial charge in [-0.15, -0.1) is 0 Å². The summed E-state index contributed by atoms with van der Waals surface area (Å²) in [6.45, 7) is 11.3. The fourth-order valence-electron chi connectivity index (χ4n) is 3.92. The second-order valence-electron chi connectivity index (χ2n) is 7.80. The molecule has 0 bridgehead atoms. The van der Waals surface area contributed by atoms with Crippen LogP contribution in [0.5, 0.6) is 5.75 Å². The van der Waals surface area contributed by atoms with Crippen LogP contribution in [-0.2, 0) is 5.41 Å². The third kappa shape index (κ3) is 2.66. The van der Waals surface area contributed by atoms with Crippen LogP contribution in [-0.4, -0.2) is 7.11 Å². The Hall–Kier alpha value is -2.02. The third-order valence-electron chi connectivity index (χ3n) is 5.13. The molecule has 0 heterocycles. The molecule has 0 aliphatic heterocycles. The first-order valence-corrected chi connectivity index (χ1v) is 8.87. The van der Waals surface area contributed by atoms with E-state index in [9.17, 15) is 0 Å². The van der Waals surface area contributed by atoms with Gasteiger partial charge in [-0.3, -0.25) is 0 Å². The lowest BCUT2D eigenvalue weighted by Crippen LogP contribution is -2.15. The molecule has 0 amide bonds. The maximum atomic E-state index is 5.96. The fourth-order valence-corrected chi connectivity index (χ4v) is 3.92. The smallest absolute Gasteiger partial charge is 0.131 e. The monoisotopic (exact) mass is 320 g/mol. The zero-order valence-corrected chi connectivity index (χ0v) is 15.7. The van der Waals surface area contributed by atoms with Gasteiger partial charge in [-0.1, -0.05) is 75.7 Å². The van der Waals surface area contributed by atoms with Gasteiger partial charge >= 0.3 is 0 Å². The van der Waals surface area contributed by atoms with Crippen molar-refractivity contribution >= 4 is 6.08 Å². The van der Waals surface area contributed by atoms with Gasteiger partial charge in [-0.2, -0.15) is 0 Å². The van der Waals surface area contributed by atoms with Crippen molar-refractivity contribution in [1.29, 1.82) is 0 Å². The number of hydrogen-bond donors (Lipinski definition) is 0. The Morgan fingerprint density at radius 1 is 1.08 bits per heavy atom. The first-order valence-electron chi connectivity index (χ1n) is 8.87. The summed E-state index contributed by atoms with van der Waals surface area (Å²) in [7, 11) is 1.80. The predicted octanol–water partition coefficient (Wildman–Crippen LogP) is 6.57. The zero-order chi connectivity index (χ0) is 17.5. The molecule has 0 fully saturated rings. The van der Waals surface area contributed by atoms with Gasteiger partial charge in [0.15, 0.2) is 0 Å². The van der Waals surface area contributed by atoms with E-state index in [1.807, 2.05) is 0 Å². The van der Waals surface area contributed by atoms with E-state index in [4.69, 9.17) is 4.74 Å². The number of ether oxygens (including phenoxy) is 1. The van der Waals surface area contributed by atoms with Gasteiger partial charge in [0.05, 0.1) is 7.11 Å². The topological polar surface area (TPSA) is 9.23 Å². The Morgan fingerprint density at radius 3 is 2.29 bits per heavy atom. The van der Waals surface area contributed by atoms with Crippen LogP contribution in [0.2, 0.25) is 0 Å². The molecule has 1 atom stereocenters. The highest BCUT2D eigenvalue weighted by atomic mass is 16.5. The predicted molar refractivity (Wildman–Crippen MR) is 104 cm³/mol. The molecular weight excluding hydrogens is 292 g/mol. The van der Waals surface area contributed by atoms with Crippen molar-refractivity contribution < 1.29 is 4.74 Å². The molecule has 3 rings (SSSR count). The standard InChI is InChI=1S/C23H28O/c1-7-17-15(2)13-19-18(17)14-20(23(3,4)5)22(24-6)21(19)16-11-9-8-10-12-16/h8-14,17H,7H2,1-6H3. The maximum absolute atomic E-state index is 5.96. The Labute approximate surface area is 146 Å². The summed E-state index contributed by atoms with van der Waals surface area (Å²) in [5.74, 6) is 1.54. The van der Waals surface area contributed by atoms with E-state index in [0.29, 0.717) is 5.92 Å². The normalized spacial score (nSPS) is 16.8. The number of benzene rings is 2. The number of allylic oxidation sites excluding steroid dienone is 1. The lowest BCUT2D eigenvalue weighted by Gasteiger charge is -2.27. The van der Waals surface area contributed by atoms with Gasteiger partial charge in [0.25, 0.3) is 0 Å². The van der Waals surface area contributed by atoms with Crippen molar-refractivity contribution in [1.82, 2.24) is 0 Å². The SMILES string of the molecule is CCC1C(C)=Cc2c1cc(C(C)(C)C)c(OC)c2-c1ccccc1. The largest absolute Gasteiger partial charge is 0.496 e. The molecule has 0 aromatic heterocycles. The quantitative estimate of drug-likeness (QED) is 0.621. The Morgan fingerprint density at radius 2 is 1.75 bits per heavy atom. The van der Waals surface area contributed by atoms with Crippen LogP contribution in [0.4, 0.5) is 0 Å². The van der Waals surface area contributed by atoms with E-state index in [1.54, 1.807) is 7.11 Å². The van der Waals surface area contributed by atoms with Crippen molar-refractivity contribution in [2.45, 2.75) is 52.4 Å². The maximum Gasteiger partial charge on any atom is 0.131 e.